The molecule has 2 rings (SSSR count). The molecule has 0 aromatic heterocycles. The Bertz CT molecular complexity index is 522. The molecule has 0 amide bonds. The van der Waals surface area contributed by atoms with E-state index in [-0.39, 0.29) is 17.0 Å². The minimum atomic E-state index is -0.434. The summed E-state index contributed by atoms with van der Waals surface area (Å²) in [7, 11) is 0. The van der Waals surface area contributed by atoms with Gasteiger partial charge in [0, 0.05) is 5.56 Å². The third-order valence-electron chi connectivity index (χ3n) is 2.28. The Hall–Kier alpha value is -1.74. The molecule has 0 fully saturated rings. The summed E-state index contributed by atoms with van der Waals surface area (Å²) < 4.78 is 13.6. The Morgan fingerprint density at radius 1 is 1.19 bits per heavy atom. The van der Waals surface area contributed by atoms with E-state index in [1.54, 1.807) is 12.1 Å². The molecular weight excluding hydrogens is 229 g/mol. The van der Waals surface area contributed by atoms with Gasteiger partial charge in [0.05, 0.1) is 10.7 Å². The fraction of sp³-hybridized carbons (Fsp3) is 0. The number of benzene rings is 2. The lowest BCUT2D eigenvalue weighted by Crippen LogP contribution is -1.89. The molecule has 16 heavy (non-hydrogen) atoms. The topological polar surface area (TPSA) is 46.2 Å². The van der Waals surface area contributed by atoms with Crippen LogP contribution in [0, 0.1) is 5.82 Å². The molecule has 0 aliphatic heterocycles. The first-order chi connectivity index (χ1) is 7.59. The highest BCUT2D eigenvalue weighted by Gasteiger charge is 2.10. The van der Waals surface area contributed by atoms with Crippen molar-refractivity contribution in [2.75, 3.05) is 5.73 Å². The van der Waals surface area contributed by atoms with Gasteiger partial charge in [0.15, 0.2) is 0 Å². The van der Waals surface area contributed by atoms with E-state index in [4.69, 9.17) is 17.3 Å². The fourth-order valence-electron chi connectivity index (χ4n) is 1.47. The first kappa shape index (κ1) is 10.8. The Morgan fingerprint density at radius 2 is 1.94 bits per heavy atom. The maximum absolute atomic E-state index is 13.6. The molecule has 2 nitrogen and oxygen atoms in total. The quantitative estimate of drug-likeness (QED) is 0.590. The lowest BCUT2D eigenvalue weighted by Gasteiger charge is -2.07. The van der Waals surface area contributed by atoms with Crippen LogP contribution in [-0.2, 0) is 0 Å². The number of phenols is 1. The van der Waals surface area contributed by atoms with E-state index in [1.165, 1.54) is 24.3 Å². The van der Waals surface area contributed by atoms with Crippen molar-refractivity contribution in [2.24, 2.45) is 0 Å². The smallest absolute Gasteiger partial charge is 0.139 e. The molecule has 0 heterocycles. The summed E-state index contributed by atoms with van der Waals surface area (Å²) in [5.41, 5.74) is 6.47. The summed E-state index contributed by atoms with van der Waals surface area (Å²) in [6.45, 7) is 0. The van der Waals surface area contributed by atoms with Crippen molar-refractivity contribution in [1.82, 2.24) is 0 Å². The normalized spacial score (nSPS) is 10.4. The van der Waals surface area contributed by atoms with Crippen molar-refractivity contribution in [3.05, 3.63) is 47.2 Å². The van der Waals surface area contributed by atoms with Crippen LogP contribution < -0.4 is 5.73 Å². The standard InChI is InChI=1S/C12H9ClFNO/c13-8-2-1-3-9(14)12(8)7-4-5-10(15)11(16)6-7/h1-6,16H,15H2. The molecule has 0 radical (unpaired) electrons. The molecule has 82 valence electrons. The number of halogens is 2. The van der Waals surface area contributed by atoms with Gasteiger partial charge in [-0.3, -0.25) is 0 Å². The van der Waals surface area contributed by atoms with Crippen LogP contribution in [0.3, 0.4) is 0 Å². The monoisotopic (exact) mass is 237 g/mol. The van der Waals surface area contributed by atoms with Gasteiger partial charge in [0.2, 0.25) is 0 Å². The van der Waals surface area contributed by atoms with Crippen LogP contribution in [0.15, 0.2) is 36.4 Å². The summed E-state index contributed by atoms with van der Waals surface area (Å²) in [5, 5.41) is 9.75. The van der Waals surface area contributed by atoms with Crippen LogP contribution in [0.2, 0.25) is 5.02 Å². The zero-order valence-electron chi connectivity index (χ0n) is 8.24. The van der Waals surface area contributed by atoms with Gasteiger partial charge >= 0.3 is 0 Å². The van der Waals surface area contributed by atoms with E-state index < -0.39 is 5.82 Å². The van der Waals surface area contributed by atoms with Gasteiger partial charge in [-0.05, 0) is 29.8 Å². The molecule has 0 atom stereocenters. The SMILES string of the molecule is Nc1ccc(-c2c(F)cccc2Cl)cc1O. The molecular formula is C12H9ClFNO. The van der Waals surface area contributed by atoms with Gasteiger partial charge in [-0.15, -0.1) is 0 Å². The van der Waals surface area contributed by atoms with Gasteiger partial charge in [-0.2, -0.15) is 0 Å². The molecule has 0 saturated carbocycles. The number of phenolic OH excluding ortho intramolecular Hbond substituents is 1. The van der Waals surface area contributed by atoms with Crippen molar-refractivity contribution in [2.45, 2.75) is 0 Å². The van der Waals surface area contributed by atoms with Crippen molar-refractivity contribution in [1.29, 1.82) is 0 Å². The number of aromatic hydroxyl groups is 1. The molecule has 3 N–H and O–H groups in total. The highest BCUT2D eigenvalue weighted by molar-refractivity contribution is 6.33. The van der Waals surface area contributed by atoms with Crippen LogP contribution in [0.1, 0.15) is 0 Å². The minimum absolute atomic E-state index is 0.0863. The molecule has 4 heteroatoms. The van der Waals surface area contributed by atoms with Gasteiger partial charge < -0.3 is 10.8 Å². The fourth-order valence-corrected chi connectivity index (χ4v) is 1.74. The van der Waals surface area contributed by atoms with E-state index in [1.807, 2.05) is 0 Å². The third-order valence-corrected chi connectivity index (χ3v) is 2.60. The summed E-state index contributed by atoms with van der Waals surface area (Å²) in [6, 6.07) is 8.94. The second-order valence-corrected chi connectivity index (χ2v) is 3.78. The largest absolute Gasteiger partial charge is 0.506 e. The lowest BCUT2D eigenvalue weighted by atomic mass is 10.0. The number of rotatable bonds is 1. The zero-order chi connectivity index (χ0) is 11.7. The van der Waals surface area contributed by atoms with E-state index in [9.17, 15) is 9.50 Å². The molecule has 0 unspecified atom stereocenters. The van der Waals surface area contributed by atoms with Gasteiger partial charge in [-0.25, -0.2) is 4.39 Å². The summed E-state index contributed by atoms with van der Waals surface area (Å²) in [6.07, 6.45) is 0. The Balaban J connectivity index is 2.63. The van der Waals surface area contributed by atoms with E-state index in [2.05, 4.69) is 0 Å². The maximum atomic E-state index is 13.6. The number of hydrogen-bond donors (Lipinski definition) is 2. The Morgan fingerprint density at radius 3 is 2.56 bits per heavy atom. The number of nitrogens with two attached hydrogens (primary N) is 1. The molecule has 0 bridgehead atoms. The van der Waals surface area contributed by atoms with Gasteiger partial charge in [0.1, 0.15) is 11.6 Å². The minimum Gasteiger partial charge on any atom is -0.506 e. The van der Waals surface area contributed by atoms with Crippen LogP contribution in [0.4, 0.5) is 10.1 Å². The van der Waals surface area contributed by atoms with Crippen molar-refractivity contribution >= 4 is 17.3 Å². The van der Waals surface area contributed by atoms with Gasteiger partial charge in [0.25, 0.3) is 0 Å². The maximum Gasteiger partial charge on any atom is 0.139 e. The average Bonchev–Trinajstić information content (AvgIpc) is 2.23. The average molecular weight is 238 g/mol. The summed E-state index contributed by atoms with van der Waals surface area (Å²) >= 11 is 5.90. The molecule has 0 spiro atoms. The predicted octanol–water partition coefficient (Wildman–Crippen LogP) is 3.43. The Kier molecular flexibility index (Phi) is 2.71. The third kappa shape index (κ3) is 1.82. The summed E-state index contributed by atoms with van der Waals surface area (Å²) in [4.78, 5) is 0. The van der Waals surface area contributed by atoms with Crippen molar-refractivity contribution in [3.8, 4) is 16.9 Å². The first-order valence-corrected chi connectivity index (χ1v) is 5.00. The van der Waals surface area contributed by atoms with Crippen LogP contribution in [0.25, 0.3) is 11.1 Å². The zero-order valence-corrected chi connectivity index (χ0v) is 9.00. The van der Waals surface area contributed by atoms with E-state index >= 15 is 0 Å². The second-order valence-electron chi connectivity index (χ2n) is 3.37. The molecule has 0 saturated heterocycles. The predicted molar refractivity (Wildman–Crippen MR) is 62.9 cm³/mol. The van der Waals surface area contributed by atoms with Crippen molar-refractivity contribution < 1.29 is 9.50 Å². The summed E-state index contributed by atoms with van der Waals surface area (Å²) in [5.74, 6) is -0.520. The molecule has 0 aliphatic rings. The van der Waals surface area contributed by atoms with Gasteiger partial charge in [-0.1, -0.05) is 23.7 Å². The van der Waals surface area contributed by atoms with Crippen molar-refractivity contribution in [3.63, 3.8) is 0 Å². The second kappa shape index (κ2) is 4.02. The van der Waals surface area contributed by atoms with Crippen LogP contribution in [-0.4, -0.2) is 5.11 Å². The number of nitrogen functional groups attached to an aromatic ring is 1. The van der Waals surface area contributed by atoms with Crippen LogP contribution >= 0.6 is 11.6 Å². The van der Waals surface area contributed by atoms with E-state index in [0.717, 1.165) is 0 Å². The number of anilines is 1. The number of hydrogen-bond acceptors (Lipinski definition) is 2. The first-order valence-electron chi connectivity index (χ1n) is 4.62. The van der Waals surface area contributed by atoms with E-state index in [0.29, 0.717) is 10.6 Å². The highest BCUT2D eigenvalue weighted by Crippen LogP contribution is 2.34. The molecule has 0 aliphatic carbocycles. The van der Waals surface area contributed by atoms with Crippen LogP contribution in [0.5, 0.6) is 5.75 Å². The highest BCUT2D eigenvalue weighted by atomic mass is 35.5. The molecule has 2 aromatic carbocycles. The lowest BCUT2D eigenvalue weighted by molar-refractivity contribution is 0.478. The Labute approximate surface area is 97.1 Å². The molecule has 2 aromatic rings.